The first-order valence-electron chi connectivity index (χ1n) is 5.75. The zero-order valence-electron chi connectivity index (χ0n) is 10.7. The van der Waals surface area contributed by atoms with Crippen molar-refractivity contribution in [1.29, 1.82) is 0 Å². The topological polar surface area (TPSA) is 38.9 Å². The normalized spacial score (nSPS) is 12.8. The summed E-state index contributed by atoms with van der Waals surface area (Å²) in [7, 11) is 0. The van der Waals surface area contributed by atoms with Crippen LogP contribution in [0.4, 0.5) is 0 Å². The highest BCUT2D eigenvalue weighted by Gasteiger charge is 2.16. The lowest BCUT2D eigenvalue weighted by Crippen LogP contribution is -2.13. The molecule has 1 heterocycles. The van der Waals surface area contributed by atoms with Crippen LogP contribution < -0.4 is 5.73 Å². The van der Waals surface area contributed by atoms with E-state index in [2.05, 4.69) is 44.0 Å². The Morgan fingerprint density at radius 1 is 1.18 bits per heavy atom. The first-order chi connectivity index (χ1) is 7.99. The molecule has 0 fully saturated rings. The number of thiazole rings is 1. The van der Waals surface area contributed by atoms with Gasteiger partial charge in [-0.15, -0.1) is 11.3 Å². The zero-order valence-corrected chi connectivity index (χ0v) is 11.6. The Labute approximate surface area is 107 Å². The number of hydrogen-bond acceptors (Lipinski definition) is 3. The molecule has 3 heteroatoms. The van der Waals surface area contributed by atoms with Crippen molar-refractivity contribution in [2.24, 2.45) is 5.73 Å². The summed E-state index contributed by atoms with van der Waals surface area (Å²) in [5, 5.41) is 1.01. The lowest BCUT2D eigenvalue weighted by atomic mass is 10.00. The maximum atomic E-state index is 6.32. The third kappa shape index (κ3) is 2.40. The summed E-state index contributed by atoms with van der Waals surface area (Å²) in [5.74, 6) is 0. The summed E-state index contributed by atoms with van der Waals surface area (Å²) < 4.78 is 0. The summed E-state index contributed by atoms with van der Waals surface area (Å²) in [4.78, 5) is 5.80. The van der Waals surface area contributed by atoms with E-state index in [1.807, 2.05) is 6.92 Å². The summed E-state index contributed by atoms with van der Waals surface area (Å²) in [6.45, 7) is 8.31. The van der Waals surface area contributed by atoms with Gasteiger partial charge in [0.05, 0.1) is 11.7 Å². The van der Waals surface area contributed by atoms with Gasteiger partial charge in [0.15, 0.2) is 0 Å². The molecule has 0 spiro atoms. The molecule has 0 bridgehead atoms. The molecule has 0 amide bonds. The molecule has 90 valence electrons. The Hall–Kier alpha value is -1.19. The number of hydrogen-bond donors (Lipinski definition) is 1. The van der Waals surface area contributed by atoms with E-state index in [1.165, 1.54) is 21.6 Å². The highest BCUT2D eigenvalue weighted by Crippen LogP contribution is 2.28. The fraction of sp³-hybridized carbons (Fsp3) is 0.357. The van der Waals surface area contributed by atoms with E-state index in [0.29, 0.717) is 0 Å². The maximum Gasteiger partial charge on any atom is 0.114 e. The molecule has 1 unspecified atom stereocenters. The van der Waals surface area contributed by atoms with Gasteiger partial charge in [-0.2, -0.15) is 0 Å². The van der Waals surface area contributed by atoms with E-state index in [1.54, 1.807) is 11.3 Å². The molecular weight excluding hydrogens is 228 g/mol. The van der Waals surface area contributed by atoms with E-state index in [-0.39, 0.29) is 6.04 Å². The predicted molar refractivity (Wildman–Crippen MR) is 73.5 cm³/mol. The van der Waals surface area contributed by atoms with Crippen molar-refractivity contribution in [2.75, 3.05) is 0 Å². The number of nitrogens with zero attached hydrogens (tertiary/aromatic N) is 1. The van der Waals surface area contributed by atoms with Gasteiger partial charge in [0.1, 0.15) is 5.01 Å². The first kappa shape index (κ1) is 12.3. The van der Waals surface area contributed by atoms with Gasteiger partial charge in [0.25, 0.3) is 0 Å². The fourth-order valence-electron chi connectivity index (χ4n) is 1.86. The Kier molecular flexibility index (Phi) is 3.31. The molecule has 0 saturated carbocycles. The average molecular weight is 246 g/mol. The monoisotopic (exact) mass is 246 g/mol. The highest BCUT2D eigenvalue weighted by atomic mass is 32.1. The number of aromatic nitrogens is 1. The Morgan fingerprint density at radius 3 is 2.47 bits per heavy atom. The van der Waals surface area contributed by atoms with Gasteiger partial charge in [-0.3, -0.25) is 0 Å². The molecule has 0 radical (unpaired) electrons. The van der Waals surface area contributed by atoms with E-state index >= 15 is 0 Å². The molecule has 0 aliphatic heterocycles. The standard InChI is InChI=1S/C14H18N2S/c1-8-5-6-9(2)12(7-8)13(15)14-16-10(3)11(4)17-14/h5-7,13H,15H2,1-4H3. The number of rotatable bonds is 2. The minimum absolute atomic E-state index is 0.104. The summed E-state index contributed by atoms with van der Waals surface area (Å²) in [6, 6.07) is 6.29. The van der Waals surface area contributed by atoms with Crippen LogP contribution in [-0.2, 0) is 0 Å². The molecule has 17 heavy (non-hydrogen) atoms. The summed E-state index contributed by atoms with van der Waals surface area (Å²) in [6.07, 6.45) is 0. The predicted octanol–water partition coefficient (Wildman–Crippen LogP) is 3.42. The van der Waals surface area contributed by atoms with Gasteiger partial charge in [-0.1, -0.05) is 23.8 Å². The molecule has 2 N–H and O–H groups in total. The van der Waals surface area contributed by atoms with Gasteiger partial charge < -0.3 is 5.73 Å². The van der Waals surface area contributed by atoms with Crippen LogP contribution in [0.5, 0.6) is 0 Å². The first-order valence-corrected chi connectivity index (χ1v) is 6.57. The SMILES string of the molecule is Cc1ccc(C)c(C(N)c2nc(C)c(C)s2)c1. The third-order valence-electron chi connectivity index (χ3n) is 3.08. The minimum atomic E-state index is -0.104. The van der Waals surface area contributed by atoms with Gasteiger partial charge in [0, 0.05) is 4.88 Å². The molecule has 0 aliphatic carbocycles. The Morgan fingerprint density at radius 2 is 1.88 bits per heavy atom. The lowest BCUT2D eigenvalue weighted by Gasteiger charge is -2.13. The van der Waals surface area contributed by atoms with E-state index < -0.39 is 0 Å². The molecule has 2 aromatic rings. The third-order valence-corrected chi connectivity index (χ3v) is 4.24. The van der Waals surface area contributed by atoms with Crippen molar-refractivity contribution >= 4 is 11.3 Å². The molecule has 0 saturated heterocycles. The van der Waals surface area contributed by atoms with Crippen molar-refractivity contribution in [2.45, 2.75) is 33.7 Å². The van der Waals surface area contributed by atoms with Crippen LogP contribution in [0.3, 0.4) is 0 Å². The average Bonchev–Trinajstić information content (AvgIpc) is 2.62. The van der Waals surface area contributed by atoms with E-state index in [0.717, 1.165) is 10.7 Å². The zero-order chi connectivity index (χ0) is 12.6. The summed E-state index contributed by atoms with van der Waals surface area (Å²) >= 11 is 1.70. The lowest BCUT2D eigenvalue weighted by molar-refractivity contribution is 0.842. The smallest absolute Gasteiger partial charge is 0.114 e. The highest BCUT2D eigenvalue weighted by molar-refractivity contribution is 7.11. The van der Waals surface area contributed by atoms with Crippen LogP contribution in [0.1, 0.15) is 38.3 Å². The van der Waals surface area contributed by atoms with Gasteiger partial charge in [-0.25, -0.2) is 4.98 Å². The number of aryl methyl sites for hydroxylation is 4. The second-order valence-corrected chi connectivity index (χ2v) is 5.77. The number of nitrogens with two attached hydrogens (primary N) is 1. The fourth-order valence-corrected chi connectivity index (χ4v) is 2.80. The van der Waals surface area contributed by atoms with Crippen LogP contribution in [-0.4, -0.2) is 4.98 Å². The Balaban J connectivity index is 2.42. The van der Waals surface area contributed by atoms with Crippen LogP contribution in [0.2, 0.25) is 0 Å². The molecule has 2 rings (SSSR count). The van der Waals surface area contributed by atoms with Gasteiger partial charge in [0.2, 0.25) is 0 Å². The minimum Gasteiger partial charge on any atom is -0.318 e. The molecule has 0 aliphatic rings. The Bertz CT molecular complexity index is 524. The van der Waals surface area contributed by atoms with Crippen LogP contribution in [0, 0.1) is 27.7 Å². The van der Waals surface area contributed by atoms with Gasteiger partial charge in [-0.05, 0) is 38.8 Å². The van der Waals surface area contributed by atoms with Crippen LogP contribution in [0.25, 0.3) is 0 Å². The molecular formula is C14H18N2S. The largest absolute Gasteiger partial charge is 0.318 e. The molecule has 1 atom stereocenters. The number of benzene rings is 1. The van der Waals surface area contributed by atoms with Crippen LogP contribution in [0.15, 0.2) is 18.2 Å². The van der Waals surface area contributed by atoms with E-state index in [4.69, 9.17) is 5.73 Å². The van der Waals surface area contributed by atoms with Gasteiger partial charge >= 0.3 is 0 Å². The van der Waals surface area contributed by atoms with Crippen molar-refractivity contribution in [1.82, 2.24) is 4.98 Å². The van der Waals surface area contributed by atoms with Crippen molar-refractivity contribution in [3.8, 4) is 0 Å². The van der Waals surface area contributed by atoms with Crippen molar-refractivity contribution in [3.05, 3.63) is 50.5 Å². The summed E-state index contributed by atoms with van der Waals surface area (Å²) in [5.41, 5.74) is 11.1. The quantitative estimate of drug-likeness (QED) is 0.881. The van der Waals surface area contributed by atoms with E-state index in [9.17, 15) is 0 Å². The molecule has 1 aromatic carbocycles. The van der Waals surface area contributed by atoms with Crippen molar-refractivity contribution < 1.29 is 0 Å². The molecule has 1 aromatic heterocycles. The maximum absolute atomic E-state index is 6.32. The second kappa shape index (κ2) is 4.59. The molecule has 2 nitrogen and oxygen atoms in total. The second-order valence-electron chi connectivity index (χ2n) is 4.53. The van der Waals surface area contributed by atoms with Crippen LogP contribution >= 0.6 is 11.3 Å². The van der Waals surface area contributed by atoms with Crippen molar-refractivity contribution in [3.63, 3.8) is 0 Å².